The molecule has 0 aliphatic heterocycles. The molecule has 0 heterocycles. The average Bonchev–Trinajstić information content (AvgIpc) is 0.918. The van der Waals surface area contributed by atoms with E-state index in [1.807, 2.05) is 0 Å². The Labute approximate surface area is 60.0 Å². The van der Waals surface area contributed by atoms with E-state index in [0.29, 0.717) is 0 Å². The van der Waals surface area contributed by atoms with Crippen LogP contribution in [0.2, 0.25) is 0 Å². The predicted octanol–water partition coefficient (Wildman–Crippen LogP) is 4.24. The van der Waals surface area contributed by atoms with Crippen LogP contribution in [0.3, 0.4) is 0 Å². The zero-order valence-electron chi connectivity index (χ0n) is 3.38. The predicted molar refractivity (Wildman–Crippen MR) is 32.8 cm³/mol. The zero-order valence-corrected chi connectivity index (χ0v) is 7.17. The minimum Gasteiger partial charge on any atom is -0.693 e. The van der Waals surface area contributed by atoms with Gasteiger partial charge >= 0.3 is 35.3 Å². The van der Waals surface area contributed by atoms with Gasteiger partial charge in [-0.25, -0.2) is 0 Å². The van der Waals surface area contributed by atoms with E-state index in [9.17, 15) is 0 Å². The van der Waals surface area contributed by atoms with Gasteiger partial charge in [-0.1, -0.05) is 0 Å². The van der Waals surface area contributed by atoms with Gasteiger partial charge < -0.3 is 24.6 Å². The number of hydrogen-bond donors (Lipinski definition) is 0. The Morgan fingerprint density at radius 2 is 0.714 bits per heavy atom. The summed E-state index contributed by atoms with van der Waals surface area (Å²) in [6.45, 7) is 0. The Morgan fingerprint density at radius 1 is 0.714 bits per heavy atom. The Balaban J connectivity index is -0.00000000333. The van der Waals surface area contributed by atoms with Crippen LogP contribution >= 0.6 is 18.8 Å². The second-order valence-electron chi connectivity index (χ2n) is 0.0452. The normalized spacial score (nSPS) is 3.14. The van der Waals surface area contributed by atoms with Crippen LogP contribution in [0.15, 0.2) is 0 Å². The first kappa shape index (κ1) is 42.4. The molecule has 0 aromatic heterocycles. The van der Waals surface area contributed by atoms with Crippen LogP contribution in [0.4, 0.5) is 0 Å². The van der Waals surface area contributed by atoms with Crippen molar-refractivity contribution in [3.8, 4) is 0 Å². The van der Waals surface area contributed by atoms with E-state index in [1.54, 1.807) is 0 Å². The molecule has 8 N–H and O–H groups in total. The maximum atomic E-state index is 4.88. The van der Waals surface area contributed by atoms with Crippen molar-refractivity contribution in [2.75, 3.05) is 0 Å². The smallest absolute Gasteiger partial charge is 0.693 e. The maximum absolute atomic E-state index is 4.88. The molecule has 0 atom stereocenters. The van der Waals surface area contributed by atoms with Gasteiger partial charge in [0.25, 0.3) is 0 Å². The van der Waals surface area contributed by atoms with E-state index >= 15 is 0 Å². The second kappa shape index (κ2) is 59.7. The maximum Gasteiger partial charge on any atom is -0.693 e. The molecular weight excluding hydrogens is 322 g/mol. The van der Waals surface area contributed by atoms with E-state index in [0.717, 1.165) is 0 Å². The summed E-state index contributed by atoms with van der Waals surface area (Å²) < 4.78 is 0. The van der Waals surface area contributed by atoms with Crippen LogP contribution < -0.4 is 0 Å². The Kier molecular flexibility index (Phi) is 361. The third kappa shape index (κ3) is 151. The summed E-state index contributed by atoms with van der Waals surface area (Å²) in [4.78, 5) is 0. The van der Waals surface area contributed by atoms with Gasteiger partial charge in [-0.15, -0.1) is 0 Å². The number of rotatable bonds is 0. The monoisotopic (exact) mass is 329 g/mol. The van der Waals surface area contributed by atoms with Crippen molar-refractivity contribution in [1.29, 1.82) is 0 Å². The number of nitrogens with two attached hydrogens (primary N) is 4. The molecule has 4 nitrogen and oxygen atoms in total. The first-order chi connectivity index (χ1) is 1.41. The van der Waals surface area contributed by atoms with Crippen LogP contribution in [0.1, 0.15) is 0 Å². The summed E-state index contributed by atoms with van der Waals surface area (Å²) in [6, 6.07) is 0. The number of halogens is 2. The topological polar surface area (TPSA) is 134 Å². The van der Waals surface area contributed by atoms with Gasteiger partial charge in [0.15, 0.2) is 0 Å². The van der Waals surface area contributed by atoms with Gasteiger partial charge in [0.05, 0.1) is 0 Å². The van der Waals surface area contributed by atoms with Gasteiger partial charge in [-0.2, -0.15) is 0 Å². The summed E-state index contributed by atoms with van der Waals surface area (Å²) in [6.07, 6.45) is 0. The van der Waals surface area contributed by atoms with Crippen molar-refractivity contribution in [1.82, 2.24) is 0 Å². The molecule has 0 fully saturated rings. The number of hydrogen-bond acceptors (Lipinski definition) is 0. The molecule has 7 heteroatoms. The van der Waals surface area contributed by atoms with Gasteiger partial charge in [-0.05, 0) is 0 Å². The second-order valence-corrected chi connectivity index (χ2v) is 3.33. The summed E-state index contributed by atoms with van der Waals surface area (Å²) in [5.41, 5.74) is 0. The third-order valence-corrected chi connectivity index (χ3v) is 0. The summed E-state index contributed by atoms with van der Waals surface area (Å²) >= 11 is -0.472. The standard InChI is InChI=1S/2ClH.4H2N.Pt/h2*1H;4*1H2;/q;;4*-1;+2/p-2. The van der Waals surface area contributed by atoms with E-state index in [2.05, 4.69) is 0 Å². The molecule has 0 saturated heterocycles. The molecule has 56 valence electrons. The summed E-state index contributed by atoms with van der Waals surface area (Å²) in [7, 11) is 9.75. The fourth-order valence-corrected chi connectivity index (χ4v) is 0. The van der Waals surface area contributed by atoms with Crippen molar-refractivity contribution in [2.24, 2.45) is 0 Å². The fraction of sp³-hybridized carbons (Fsp3) is 0. The molecule has 0 amide bonds. The molecule has 0 bridgehead atoms. The first-order valence-electron chi connectivity index (χ1n) is 0.239. The Bertz CT molecular complexity index is 9.65. The average molecular weight is 330 g/mol. The van der Waals surface area contributed by atoms with Crippen LogP contribution in [-0.4, -0.2) is 0 Å². The molecular formula is H8Cl2N4Pt-4. The van der Waals surface area contributed by atoms with E-state index in [1.165, 1.54) is 0 Å². The molecule has 0 aromatic carbocycles. The van der Waals surface area contributed by atoms with E-state index in [4.69, 9.17) is 18.8 Å². The molecule has 0 radical (unpaired) electrons. The van der Waals surface area contributed by atoms with Gasteiger partial charge in [0, 0.05) is 0 Å². The van der Waals surface area contributed by atoms with E-state index < -0.39 is 16.5 Å². The van der Waals surface area contributed by atoms with E-state index in [-0.39, 0.29) is 24.6 Å². The van der Waals surface area contributed by atoms with Crippen molar-refractivity contribution < 1.29 is 16.5 Å². The van der Waals surface area contributed by atoms with Gasteiger partial charge in [0.1, 0.15) is 0 Å². The molecule has 0 unspecified atom stereocenters. The summed E-state index contributed by atoms with van der Waals surface area (Å²) in [5, 5.41) is 0. The van der Waals surface area contributed by atoms with Gasteiger partial charge in [0.2, 0.25) is 0 Å². The fourth-order valence-electron chi connectivity index (χ4n) is 0. The quantitative estimate of drug-likeness (QED) is 0.628. The first-order valence-corrected chi connectivity index (χ1v) is 5.87. The Morgan fingerprint density at radius 3 is 0.714 bits per heavy atom. The SMILES string of the molecule is [Cl][Pt][Cl].[NH2-].[NH2-].[NH2-].[NH2-]. The van der Waals surface area contributed by atoms with Crippen molar-refractivity contribution in [2.45, 2.75) is 0 Å². The molecule has 7 heavy (non-hydrogen) atoms. The third-order valence-electron chi connectivity index (χ3n) is 0. The van der Waals surface area contributed by atoms with Gasteiger partial charge in [-0.3, -0.25) is 0 Å². The van der Waals surface area contributed by atoms with Crippen LogP contribution in [-0.2, 0) is 16.5 Å². The zero-order chi connectivity index (χ0) is 2.71. The minimum atomic E-state index is -0.472. The van der Waals surface area contributed by atoms with Crippen LogP contribution in [0.25, 0.3) is 24.6 Å². The van der Waals surface area contributed by atoms with Crippen LogP contribution in [0.5, 0.6) is 0 Å². The van der Waals surface area contributed by atoms with Crippen molar-refractivity contribution >= 4 is 18.8 Å². The molecule has 0 aliphatic rings. The molecule has 0 aliphatic carbocycles. The Hall–Kier alpha value is 1.11. The minimum absolute atomic E-state index is 0. The van der Waals surface area contributed by atoms with Crippen molar-refractivity contribution in [3.63, 3.8) is 0 Å². The van der Waals surface area contributed by atoms with Crippen LogP contribution in [0, 0.1) is 0 Å². The molecule has 0 saturated carbocycles. The molecule has 0 rings (SSSR count). The van der Waals surface area contributed by atoms with Crippen molar-refractivity contribution in [3.05, 3.63) is 24.6 Å². The molecule has 0 aromatic rings. The molecule has 0 spiro atoms. The largest absolute Gasteiger partial charge is 0.693 e. The summed E-state index contributed by atoms with van der Waals surface area (Å²) in [5.74, 6) is 0.